The van der Waals surface area contributed by atoms with E-state index in [4.69, 9.17) is 24.9 Å². The van der Waals surface area contributed by atoms with Crippen molar-refractivity contribution in [3.8, 4) is 23.4 Å². The first-order valence-electron chi connectivity index (χ1n) is 11.7. The highest BCUT2D eigenvalue weighted by Crippen LogP contribution is 2.44. The number of rotatable bonds is 4. The number of aromatic nitrogens is 4. The van der Waals surface area contributed by atoms with E-state index < -0.39 is 0 Å². The lowest BCUT2D eigenvalue weighted by molar-refractivity contribution is 0.163. The number of hydrogen-bond donors (Lipinski definition) is 3. The Bertz CT molecular complexity index is 1480. The van der Waals surface area contributed by atoms with Crippen molar-refractivity contribution in [1.29, 1.82) is 0 Å². The molecule has 1 aliphatic carbocycles. The average molecular weight is 478 g/mol. The normalized spacial score (nSPS) is 22.8. The number of fused-ring (bicyclic) bond motifs is 5. The van der Waals surface area contributed by atoms with Crippen LogP contribution in [0, 0.1) is 17.7 Å². The van der Waals surface area contributed by atoms with Gasteiger partial charge in [-0.2, -0.15) is 9.97 Å². The van der Waals surface area contributed by atoms with Gasteiger partial charge in [0.25, 0.3) is 5.88 Å². The van der Waals surface area contributed by atoms with Crippen LogP contribution in [0.2, 0.25) is 0 Å². The van der Waals surface area contributed by atoms with E-state index in [-0.39, 0.29) is 17.9 Å². The molecule has 5 heterocycles. The quantitative estimate of drug-likeness (QED) is 0.407. The summed E-state index contributed by atoms with van der Waals surface area (Å²) in [5.41, 5.74) is 8.23. The zero-order chi connectivity index (χ0) is 23.7. The lowest BCUT2D eigenvalue weighted by atomic mass is 9.72. The number of hydrogen-bond acceptors (Lipinski definition) is 9. The van der Waals surface area contributed by atoms with Gasteiger partial charge in [0.2, 0.25) is 0 Å². The van der Waals surface area contributed by atoms with Crippen LogP contribution in [0.5, 0.6) is 23.4 Å². The Balaban J connectivity index is 1.36. The first kappa shape index (κ1) is 20.5. The van der Waals surface area contributed by atoms with Crippen LogP contribution in [-0.2, 0) is 0 Å². The maximum atomic E-state index is 14.5. The third-order valence-corrected chi connectivity index (χ3v) is 7.25. The van der Waals surface area contributed by atoms with Crippen LogP contribution in [0.4, 0.5) is 15.9 Å². The third-order valence-electron chi connectivity index (χ3n) is 7.25. The molecular weight excluding hydrogens is 453 g/mol. The monoisotopic (exact) mass is 477 g/mol. The fourth-order valence-electron chi connectivity index (χ4n) is 5.51. The van der Waals surface area contributed by atoms with Crippen molar-refractivity contribution in [3.63, 3.8) is 0 Å². The number of benzene rings is 1. The molecule has 1 saturated carbocycles. The Morgan fingerprint density at radius 1 is 1.20 bits per heavy atom. The summed E-state index contributed by atoms with van der Waals surface area (Å²) < 4.78 is 31.7. The van der Waals surface area contributed by atoms with Crippen LogP contribution in [0.15, 0.2) is 24.4 Å². The summed E-state index contributed by atoms with van der Waals surface area (Å²) in [5, 5.41) is 4.54. The summed E-state index contributed by atoms with van der Waals surface area (Å²) in [5.74, 6) is 2.72. The smallest absolute Gasteiger partial charge is 0.326 e. The molecule has 4 aromatic rings. The Labute approximate surface area is 199 Å². The minimum atomic E-state index is -0.333. The van der Waals surface area contributed by atoms with Crippen molar-refractivity contribution in [1.82, 2.24) is 19.9 Å². The summed E-state index contributed by atoms with van der Waals surface area (Å²) in [6.45, 7) is 2.55. The van der Waals surface area contributed by atoms with Crippen molar-refractivity contribution in [2.45, 2.75) is 12.5 Å². The van der Waals surface area contributed by atoms with Gasteiger partial charge in [-0.05, 0) is 30.4 Å². The first-order chi connectivity index (χ1) is 17.1. The van der Waals surface area contributed by atoms with Crippen molar-refractivity contribution in [3.05, 3.63) is 30.2 Å². The van der Waals surface area contributed by atoms with Gasteiger partial charge in [-0.3, -0.25) is 0 Å². The summed E-state index contributed by atoms with van der Waals surface area (Å²) in [4.78, 5) is 19.3. The van der Waals surface area contributed by atoms with Crippen molar-refractivity contribution in [2.24, 2.45) is 17.6 Å². The number of anilines is 2. The van der Waals surface area contributed by atoms with E-state index in [1.54, 1.807) is 19.3 Å². The molecule has 3 aliphatic rings. The number of halogens is 1. The van der Waals surface area contributed by atoms with Gasteiger partial charge in [-0.25, -0.2) is 9.37 Å². The number of ether oxygens (including phenoxy) is 3. The second kappa shape index (κ2) is 7.57. The number of nitrogens with two attached hydrogens (primary N) is 1. The molecule has 2 fully saturated rings. The molecule has 0 amide bonds. The molecule has 3 aromatic heterocycles. The van der Waals surface area contributed by atoms with E-state index in [9.17, 15) is 4.39 Å². The maximum absolute atomic E-state index is 14.5. The molecule has 4 N–H and O–H groups in total. The van der Waals surface area contributed by atoms with Gasteiger partial charge in [-0.1, -0.05) is 0 Å². The van der Waals surface area contributed by atoms with Gasteiger partial charge in [0, 0.05) is 37.6 Å². The molecule has 0 radical (unpaired) electrons. The highest BCUT2D eigenvalue weighted by molar-refractivity contribution is 6.14. The van der Waals surface area contributed by atoms with Crippen molar-refractivity contribution in [2.75, 3.05) is 43.6 Å². The molecule has 35 heavy (non-hydrogen) atoms. The van der Waals surface area contributed by atoms with Crippen molar-refractivity contribution >= 4 is 33.4 Å². The highest BCUT2D eigenvalue weighted by atomic mass is 19.1. The molecule has 3 atom stereocenters. The first-order valence-corrected chi connectivity index (χ1v) is 11.7. The van der Waals surface area contributed by atoms with Gasteiger partial charge in [0.05, 0.1) is 22.8 Å². The molecule has 180 valence electrons. The number of nitrogens with one attached hydrogen (secondary N) is 2. The van der Waals surface area contributed by atoms with Gasteiger partial charge < -0.3 is 35.1 Å². The van der Waals surface area contributed by atoms with E-state index in [1.165, 1.54) is 12.1 Å². The van der Waals surface area contributed by atoms with Gasteiger partial charge >= 0.3 is 6.01 Å². The van der Waals surface area contributed by atoms with Crippen LogP contribution in [0.1, 0.15) is 6.42 Å². The lowest BCUT2D eigenvalue weighted by Gasteiger charge is -2.36. The average Bonchev–Trinajstić information content (AvgIpc) is 3.40. The second-order valence-corrected chi connectivity index (χ2v) is 9.31. The van der Waals surface area contributed by atoms with Crippen LogP contribution in [0.25, 0.3) is 21.9 Å². The van der Waals surface area contributed by atoms with Gasteiger partial charge in [0.1, 0.15) is 30.5 Å². The van der Waals surface area contributed by atoms with Gasteiger partial charge in [-0.15, -0.1) is 0 Å². The highest BCUT2D eigenvalue weighted by Gasteiger charge is 2.46. The summed E-state index contributed by atoms with van der Waals surface area (Å²) in [7, 11) is 1.76. The predicted octanol–water partition coefficient (Wildman–Crippen LogP) is 3.03. The Morgan fingerprint density at radius 2 is 2.09 bits per heavy atom. The van der Waals surface area contributed by atoms with E-state index in [0.29, 0.717) is 59.6 Å². The molecule has 0 bridgehead atoms. The van der Waals surface area contributed by atoms with Crippen LogP contribution < -0.4 is 30.2 Å². The minimum Gasteiger partial charge on any atom is -0.484 e. The second-order valence-electron chi connectivity index (χ2n) is 9.31. The number of aromatic amines is 1. The fraction of sp³-hybridized carbons (Fsp3) is 0.375. The number of nitrogens with zero attached hydrogens (tertiary/aromatic N) is 4. The van der Waals surface area contributed by atoms with Crippen LogP contribution >= 0.6 is 0 Å². The topological polar surface area (TPSA) is 123 Å². The Kier molecular flexibility index (Phi) is 4.44. The summed E-state index contributed by atoms with van der Waals surface area (Å²) in [6.07, 6.45) is 2.56. The van der Waals surface area contributed by atoms with E-state index in [2.05, 4.69) is 25.2 Å². The largest absolute Gasteiger partial charge is 0.484 e. The predicted molar refractivity (Wildman–Crippen MR) is 128 cm³/mol. The van der Waals surface area contributed by atoms with Crippen LogP contribution in [-0.4, -0.2) is 59.3 Å². The zero-order valence-corrected chi connectivity index (χ0v) is 19.0. The molecule has 7 rings (SSSR count). The number of pyridine rings is 1. The van der Waals surface area contributed by atoms with E-state index >= 15 is 0 Å². The Morgan fingerprint density at radius 3 is 2.91 bits per heavy atom. The summed E-state index contributed by atoms with van der Waals surface area (Å²) >= 11 is 0. The molecule has 2 aliphatic heterocycles. The van der Waals surface area contributed by atoms with Crippen molar-refractivity contribution < 1.29 is 18.6 Å². The molecule has 3 unspecified atom stereocenters. The fourth-order valence-corrected chi connectivity index (χ4v) is 5.51. The van der Waals surface area contributed by atoms with Gasteiger partial charge in [0.15, 0.2) is 11.5 Å². The maximum Gasteiger partial charge on any atom is 0.326 e. The molecule has 11 heteroatoms. The van der Waals surface area contributed by atoms with Crippen LogP contribution in [0.3, 0.4) is 0 Å². The van der Waals surface area contributed by atoms with E-state index in [0.717, 1.165) is 35.8 Å². The van der Waals surface area contributed by atoms with E-state index in [1.807, 2.05) is 0 Å². The molecule has 10 nitrogen and oxygen atoms in total. The standard InChI is InChI=1S/C24H24FN7O3/c1-27-17-6-12(25)5-14-19-21(29-20(14)17)30-24(31-22(19)32-9-11-4-16(26)15(11)10-32)35-13-7-18-23(28-8-13)34-3-2-33-18/h5-8,11,15-16,27H,2-4,9-10,26H2,1H3,(H,29,30,31). The lowest BCUT2D eigenvalue weighted by Crippen LogP contribution is -2.46. The minimum absolute atomic E-state index is 0.160. The molecule has 1 saturated heterocycles. The summed E-state index contributed by atoms with van der Waals surface area (Å²) in [6, 6.07) is 5.05. The Hall–Kier alpha value is -3.86. The SMILES string of the molecule is CNc1cc(F)cc2c1[nH]c1nc(Oc3cnc4c(c3)OCCO4)nc(N3CC4CC(N)C4C3)c12. The molecule has 1 aromatic carbocycles. The molecular formula is C24H24FN7O3. The third kappa shape index (κ3) is 3.22. The zero-order valence-electron chi connectivity index (χ0n) is 19.0. The molecule has 0 spiro atoms. The number of H-pyrrole nitrogens is 1.